The zero-order valence-electron chi connectivity index (χ0n) is 23.1. The van der Waals surface area contributed by atoms with E-state index in [-0.39, 0.29) is 24.1 Å². The predicted molar refractivity (Wildman–Crippen MR) is 149 cm³/mol. The number of carbonyl (C=O) groups excluding carboxylic acids is 2. The number of carbonyl (C=O) groups is 2. The first-order valence-electron chi connectivity index (χ1n) is 14.1. The van der Waals surface area contributed by atoms with E-state index in [0.29, 0.717) is 22.8 Å². The van der Waals surface area contributed by atoms with Gasteiger partial charge in [-0.3, -0.25) is 4.79 Å². The van der Waals surface area contributed by atoms with Crippen LogP contribution in [0.4, 0.5) is 4.79 Å². The van der Waals surface area contributed by atoms with Crippen molar-refractivity contribution in [2.45, 2.75) is 97.6 Å². The number of piperidine rings is 1. The summed E-state index contributed by atoms with van der Waals surface area (Å²) in [6.45, 7) is 10.1. The van der Waals surface area contributed by atoms with Gasteiger partial charge < -0.3 is 19.3 Å². The molecule has 1 aliphatic rings. The Morgan fingerprint density at radius 1 is 0.865 bits per heavy atom. The predicted octanol–water partition coefficient (Wildman–Crippen LogP) is 8.06. The molecule has 0 N–H and O–H groups in total. The van der Waals surface area contributed by atoms with Crippen LogP contribution in [-0.4, -0.2) is 47.0 Å². The van der Waals surface area contributed by atoms with Gasteiger partial charge in [-0.25, -0.2) is 4.79 Å². The van der Waals surface area contributed by atoms with E-state index >= 15 is 0 Å². The summed E-state index contributed by atoms with van der Waals surface area (Å²) in [5.41, 5.74) is 0.672. The highest BCUT2D eigenvalue weighted by molar-refractivity contribution is 5.94. The second-order valence-corrected chi connectivity index (χ2v) is 10.3. The first kappa shape index (κ1) is 28.5. The van der Waals surface area contributed by atoms with Crippen molar-refractivity contribution in [1.29, 1.82) is 0 Å². The van der Waals surface area contributed by atoms with E-state index in [1.54, 1.807) is 12.1 Å². The molecule has 3 rings (SSSR count). The molecule has 1 atom stereocenters. The molecule has 0 bridgehead atoms. The van der Waals surface area contributed by atoms with E-state index in [1.807, 2.05) is 60.0 Å². The number of ether oxygens (including phenoxy) is 2. The molecule has 1 aliphatic heterocycles. The van der Waals surface area contributed by atoms with E-state index in [4.69, 9.17) is 9.47 Å². The lowest BCUT2D eigenvalue weighted by atomic mass is 10.0. The number of unbranched alkanes of at least 4 members (excludes halogenated alkanes) is 2. The van der Waals surface area contributed by atoms with Crippen molar-refractivity contribution < 1.29 is 19.1 Å². The van der Waals surface area contributed by atoms with Gasteiger partial charge >= 0.3 is 6.09 Å². The molecular formula is C31H44N2O4. The highest BCUT2D eigenvalue weighted by atomic mass is 16.6. The van der Waals surface area contributed by atoms with Crippen molar-refractivity contribution in [2.24, 2.45) is 0 Å². The number of hydrogen-bond donors (Lipinski definition) is 0. The Labute approximate surface area is 222 Å². The van der Waals surface area contributed by atoms with Gasteiger partial charge in [-0.1, -0.05) is 45.6 Å². The summed E-state index contributed by atoms with van der Waals surface area (Å²) in [5.74, 6) is 1.73. The lowest BCUT2D eigenvalue weighted by molar-refractivity contribution is 0.0724. The van der Waals surface area contributed by atoms with Crippen LogP contribution in [0.15, 0.2) is 48.5 Å². The van der Waals surface area contributed by atoms with Crippen molar-refractivity contribution >= 4 is 12.0 Å². The molecule has 0 spiro atoms. The second-order valence-electron chi connectivity index (χ2n) is 10.3. The summed E-state index contributed by atoms with van der Waals surface area (Å²) in [5, 5.41) is 0. The summed E-state index contributed by atoms with van der Waals surface area (Å²) >= 11 is 0. The monoisotopic (exact) mass is 508 g/mol. The Kier molecular flexibility index (Phi) is 11.3. The third-order valence-electron chi connectivity index (χ3n) is 6.91. The van der Waals surface area contributed by atoms with Crippen LogP contribution in [0.2, 0.25) is 0 Å². The van der Waals surface area contributed by atoms with Crippen molar-refractivity contribution in [3.8, 4) is 17.2 Å². The molecule has 2 aromatic carbocycles. The Hall–Kier alpha value is -3.02. The van der Waals surface area contributed by atoms with Gasteiger partial charge in [0.1, 0.15) is 17.2 Å². The number of amides is 2. The zero-order valence-corrected chi connectivity index (χ0v) is 23.1. The summed E-state index contributed by atoms with van der Waals surface area (Å²) in [7, 11) is 0. The molecule has 6 nitrogen and oxygen atoms in total. The molecule has 0 aliphatic carbocycles. The Balaban J connectivity index is 1.64. The number of rotatable bonds is 12. The van der Waals surface area contributed by atoms with Crippen LogP contribution in [0.1, 0.15) is 95.8 Å². The lowest BCUT2D eigenvalue weighted by Crippen LogP contribution is -2.46. The maximum absolute atomic E-state index is 13.2. The molecule has 1 heterocycles. The topological polar surface area (TPSA) is 59.1 Å². The summed E-state index contributed by atoms with van der Waals surface area (Å²) in [6, 6.07) is 14.6. The Morgan fingerprint density at radius 2 is 1.57 bits per heavy atom. The fraction of sp³-hybridized carbons (Fsp3) is 0.548. The largest absolute Gasteiger partial charge is 0.457 e. The van der Waals surface area contributed by atoms with Gasteiger partial charge in [0.05, 0.1) is 0 Å². The normalized spacial score (nSPS) is 14.4. The van der Waals surface area contributed by atoms with Gasteiger partial charge in [-0.05, 0) is 82.3 Å². The third-order valence-corrected chi connectivity index (χ3v) is 6.91. The number of nitrogens with zero attached hydrogens (tertiary/aromatic N) is 2. The van der Waals surface area contributed by atoms with Crippen molar-refractivity contribution in [2.75, 3.05) is 13.1 Å². The van der Waals surface area contributed by atoms with Crippen LogP contribution in [0.3, 0.4) is 0 Å². The Morgan fingerprint density at radius 3 is 2.22 bits per heavy atom. The molecule has 37 heavy (non-hydrogen) atoms. The second kappa shape index (κ2) is 14.7. The fourth-order valence-electron chi connectivity index (χ4n) is 5.00. The lowest BCUT2D eigenvalue weighted by Gasteiger charge is -2.34. The third kappa shape index (κ3) is 8.51. The highest BCUT2D eigenvalue weighted by Gasteiger charge is 2.27. The minimum atomic E-state index is -0.317. The molecule has 0 saturated carbocycles. The SMILES string of the molecule is CCCCCC(CCC)N(C(=O)Oc1cccc(Oc2ccc(C(=O)N3CCCCC3)cc2)c1)C(C)C. The molecule has 6 heteroatoms. The molecule has 1 fully saturated rings. The highest BCUT2D eigenvalue weighted by Crippen LogP contribution is 2.27. The maximum atomic E-state index is 13.2. The molecule has 0 aromatic heterocycles. The quantitative estimate of drug-likeness (QED) is 0.272. The number of benzene rings is 2. The number of likely N-dealkylation sites (tertiary alicyclic amines) is 1. The standard InChI is InChI=1S/C31H44N2O4/c1-5-7-9-14-26(13-6-2)33(24(3)4)31(35)37-29-16-12-15-28(23-29)36-27-19-17-25(18-20-27)30(34)32-21-10-8-11-22-32/h12,15-20,23-24,26H,5-11,13-14,21-22H2,1-4H3. The first-order valence-corrected chi connectivity index (χ1v) is 14.1. The average molecular weight is 509 g/mol. The molecule has 1 saturated heterocycles. The van der Waals surface area contributed by atoms with Gasteiger partial charge in [0.2, 0.25) is 0 Å². The zero-order chi connectivity index (χ0) is 26.6. The Bertz CT molecular complexity index is 983. The van der Waals surface area contributed by atoms with E-state index in [9.17, 15) is 9.59 Å². The smallest absolute Gasteiger partial charge is 0.415 e. The summed E-state index contributed by atoms with van der Waals surface area (Å²) < 4.78 is 11.8. The van der Waals surface area contributed by atoms with E-state index in [2.05, 4.69) is 13.8 Å². The molecule has 202 valence electrons. The van der Waals surface area contributed by atoms with Crippen molar-refractivity contribution in [1.82, 2.24) is 9.80 Å². The van der Waals surface area contributed by atoms with Gasteiger partial charge in [0.25, 0.3) is 5.91 Å². The van der Waals surface area contributed by atoms with E-state index in [0.717, 1.165) is 58.0 Å². The fourth-order valence-corrected chi connectivity index (χ4v) is 5.00. The molecule has 1 unspecified atom stereocenters. The molecular weight excluding hydrogens is 464 g/mol. The van der Waals surface area contributed by atoms with Gasteiger partial charge in [0, 0.05) is 36.8 Å². The molecule has 0 radical (unpaired) electrons. The van der Waals surface area contributed by atoms with Crippen LogP contribution < -0.4 is 9.47 Å². The molecule has 2 amide bonds. The van der Waals surface area contributed by atoms with E-state index in [1.165, 1.54) is 12.8 Å². The van der Waals surface area contributed by atoms with Crippen LogP contribution in [0.5, 0.6) is 17.2 Å². The van der Waals surface area contributed by atoms with E-state index < -0.39 is 0 Å². The van der Waals surface area contributed by atoms with Crippen LogP contribution in [0, 0.1) is 0 Å². The van der Waals surface area contributed by atoms with Crippen LogP contribution >= 0.6 is 0 Å². The maximum Gasteiger partial charge on any atom is 0.415 e. The van der Waals surface area contributed by atoms with Crippen LogP contribution in [0.25, 0.3) is 0 Å². The van der Waals surface area contributed by atoms with Gasteiger partial charge in [-0.15, -0.1) is 0 Å². The van der Waals surface area contributed by atoms with Gasteiger partial charge in [-0.2, -0.15) is 0 Å². The average Bonchev–Trinajstić information content (AvgIpc) is 2.89. The van der Waals surface area contributed by atoms with Crippen molar-refractivity contribution in [3.05, 3.63) is 54.1 Å². The minimum Gasteiger partial charge on any atom is -0.457 e. The summed E-state index contributed by atoms with van der Waals surface area (Å²) in [4.78, 5) is 29.8. The molecule has 2 aromatic rings. The number of hydrogen-bond acceptors (Lipinski definition) is 4. The van der Waals surface area contributed by atoms with Crippen LogP contribution in [-0.2, 0) is 0 Å². The minimum absolute atomic E-state index is 0.0521. The summed E-state index contributed by atoms with van der Waals surface area (Å²) in [6.07, 6.45) is 9.46. The van der Waals surface area contributed by atoms with Gasteiger partial charge in [0.15, 0.2) is 0 Å². The first-order chi connectivity index (χ1) is 17.9. The van der Waals surface area contributed by atoms with Crippen molar-refractivity contribution in [3.63, 3.8) is 0 Å².